The second kappa shape index (κ2) is 7.76. The highest BCUT2D eigenvalue weighted by Crippen LogP contribution is 2.38. The fourth-order valence-corrected chi connectivity index (χ4v) is 3.90. The minimum Gasteiger partial charge on any atom is -0.480 e. The summed E-state index contributed by atoms with van der Waals surface area (Å²) < 4.78 is 5.98. The largest absolute Gasteiger partial charge is 0.480 e. The zero-order valence-corrected chi connectivity index (χ0v) is 15.6. The second-order valence-corrected chi connectivity index (χ2v) is 7.39. The highest BCUT2D eigenvalue weighted by molar-refractivity contribution is 5.86. The van der Waals surface area contributed by atoms with Crippen molar-refractivity contribution in [3.05, 3.63) is 35.9 Å². The van der Waals surface area contributed by atoms with Crippen molar-refractivity contribution in [2.24, 2.45) is 5.92 Å². The molecule has 2 aliphatic rings. The quantitative estimate of drug-likeness (QED) is 0.873. The van der Waals surface area contributed by atoms with Gasteiger partial charge in [0.25, 0.3) is 0 Å². The molecule has 1 N–H and O–H groups in total. The van der Waals surface area contributed by atoms with Crippen LogP contribution < -0.4 is 0 Å². The van der Waals surface area contributed by atoms with Gasteiger partial charge in [0.15, 0.2) is 6.04 Å². The fraction of sp³-hybridized carbons (Fsp3) is 0.600. The van der Waals surface area contributed by atoms with Gasteiger partial charge in [-0.05, 0) is 12.0 Å². The number of carbonyl (C=O) groups is 2. The molecule has 1 amide bonds. The number of piperidine rings is 1. The summed E-state index contributed by atoms with van der Waals surface area (Å²) >= 11 is 0. The molecule has 1 aromatic rings. The lowest BCUT2D eigenvalue weighted by molar-refractivity contribution is -0.169. The molecule has 6 nitrogen and oxygen atoms in total. The molecule has 1 spiro atoms. The number of carboxylic acids is 1. The van der Waals surface area contributed by atoms with Gasteiger partial charge in [0.2, 0.25) is 5.91 Å². The van der Waals surface area contributed by atoms with Crippen LogP contribution in [0.3, 0.4) is 0 Å². The monoisotopic (exact) mass is 360 g/mol. The lowest BCUT2D eigenvalue weighted by Gasteiger charge is -2.45. The zero-order chi connectivity index (χ0) is 18.7. The Morgan fingerprint density at radius 3 is 2.50 bits per heavy atom. The van der Waals surface area contributed by atoms with Gasteiger partial charge in [-0.15, -0.1) is 0 Å². The third kappa shape index (κ3) is 3.62. The highest BCUT2D eigenvalue weighted by Gasteiger charge is 2.54. The summed E-state index contributed by atoms with van der Waals surface area (Å²) in [7, 11) is 0. The van der Waals surface area contributed by atoms with Gasteiger partial charge in [0.05, 0.1) is 6.61 Å². The van der Waals surface area contributed by atoms with Crippen LogP contribution in [0.1, 0.15) is 38.7 Å². The Kier molecular flexibility index (Phi) is 5.63. The van der Waals surface area contributed by atoms with E-state index in [2.05, 4.69) is 17.0 Å². The summed E-state index contributed by atoms with van der Waals surface area (Å²) in [6.07, 6.45) is 1.98. The van der Waals surface area contributed by atoms with E-state index in [-0.39, 0.29) is 18.4 Å². The summed E-state index contributed by atoms with van der Waals surface area (Å²) in [4.78, 5) is 28.5. The standard InChI is InChI=1S/C20H28N2O4/c1-3-15(2)18(23)22-17(19(24)25)14-26-20(22)9-11-21(12-10-20)13-16-7-5-4-6-8-16/h4-8,15,17H,3,9-14H2,1-2H3,(H,24,25)/t15-,17-/m1/s1. The van der Waals surface area contributed by atoms with E-state index in [4.69, 9.17) is 4.74 Å². The summed E-state index contributed by atoms with van der Waals surface area (Å²) in [5.41, 5.74) is 0.489. The average Bonchev–Trinajstić information content (AvgIpc) is 3.02. The summed E-state index contributed by atoms with van der Waals surface area (Å²) in [6.45, 7) is 6.31. The first-order valence-corrected chi connectivity index (χ1v) is 9.43. The van der Waals surface area contributed by atoms with Crippen LogP contribution in [0.5, 0.6) is 0 Å². The molecule has 6 heteroatoms. The first-order chi connectivity index (χ1) is 12.5. The van der Waals surface area contributed by atoms with Gasteiger partial charge in [-0.25, -0.2) is 4.79 Å². The van der Waals surface area contributed by atoms with Crippen molar-refractivity contribution < 1.29 is 19.4 Å². The number of rotatable bonds is 5. The number of ether oxygens (including phenoxy) is 1. The zero-order valence-electron chi connectivity index (χ0n) is 15.6. The Bertz CT molecular complexity index is 640. The van der Waals surface area contributed by atoms with E-state index in [9.17, 15) is 14.7 Å². The molecule has 3 rings (SSSR count). The first-order valence-electron chi connectivity index (χ1n) is 9.43. The average molecular weight is 360 g/mol. The molecule has 2 fully saturated rings. The SMILES string of the molecule is CC[C@@H](C)C(=O)N1[C@@H](C(=O)O)COC12CCN(Cc1ccccc1)CC2. The molecule has 0 radical (unpaired) electrons. The predicted octanol–water partition coefficient (Wildman–Crippen LogP) is 2.34. The number of hydrogen-bond donors (Lipinski definition) is 1. The maximum Gasteiger partial charge on any atom is 0.328 e. The number of likely N-dealkylation sites (tertiary alicyclic amines) is 1. The lowest BCUT2D eigenvalue weighted by Crippen LogP contribution is -2.59. The minimum absolute atomic E-state index is 0.0796. The Morgan fingerprint density at radius 2 is 1.92 bits per heavy atom. The van der Waals surface area contributed by atoms with Crippen molar-refractivity contribution in [3.63, 3.8) is 0 Å². The normalized spacial score (nSPS) is 23.9. The van der Waals surface area contributed by atoms with E-state index in [0.29, 0.717) is 19.3 Å². The number of amides is 1. The van der Waals surface area contributed by atoms with Crippen LogP contribution in [0.4, 0.5) is 0 Å². The van der Waals surface area contributed by atoms with Crippen LogP contribution in [-0.2, 0) is 20.9 Å². The Labute approximate surface area is 154 Å². The second-order valence-electron chi connectivity index (χ2n) is 7.39. The number of aliphatic carboxylic acids is 1. The molecule has 2 atom stereocenters. The predicted molar refractivity (Wildman–Crippen MR) is 97.4 cm³/mol. The van der Waals surface area contributed by atoms with Gasteiger partial charge in [-0.1, -0.05) is 44.2 Å². The molecular weight excluding hydrogens is 332 g/mol. The van der Waals surface area contributed by atoms with Crippen LogP contribution in [0, 0.1) is 5.92 Å². The van der Waals surface area contributed by atoms with E-state index in [1.807, 2.05) is 32.0 Å². The minimum atomic E-state index is -0.981. The number of nitrogens with zero attached hydrogens (tertiary/aromatic N) is 2. The van der Waals surface area contributed by atoms with Crippen LogP contribution in [0.2, 0.25) is 0 Å². The van der Waals surface area contributed by atoms with Crippen molar-refractivity contribution in [2.45, 2.75) is 51.4 Å². The van der Waals surface area contributed by atoms with Crippen molar-refractivity contribution in [3.8, 4) is 0 Å². The number of carboxylic acid groups (broad SMARTS) is 1. The summed E-state index contributed by atoms with van der Waals surface area (Å²) in [5, 5.41) is 9.56. The van der Waals surface area contributed by atoms with Gasteiger partial charge < -0.3 is 9.84 Å². The Hall–Kier alpha value is -1.92. The fourth-order valence-electron chi connectivity index (χ4n) is 3.90. The Morgan fingerprint density at radius 1 is 1.27 bits per heavy atom. The van der Waals surface area contributed by atoms with Gasteiger partial charge in [0.1, 0.15) is 5.72 Å². The van der Waals surface area contributed by atoms with E-state index in [1.54, 1.807) is 4.90 Å². The molecular formula is C20H28N2O4. The number of carbonyl (C=O) groups excluding carboxylic acids is 1. The van der Waals surface area contributed by atoms with E-state index in [0.717, 1.165) is 19.6 Å². The smallest absolute Gasteiger partial charge is 0.328 e. The molecule has 142 valence electrons. The molecule has 2 aliphatic heterocycles. The summed E-state index contributed by atoms with van der Waals surface area (Å²) in [6, 6.07) is 9.41. The first kappa shape index (κ1) is 18.9. The third-order valence-corrected chi connectivity index (χ3v) is 5.70. The van der Waals surface area contributed by atoms with E-state index >= 15 is 0 Å². The lowest BCUT2D eigenvalue weighted by atomic mass is 9.95. The van der Waals surface area contributed by atoms with Crippen molar-refractivity contribution in [2.75, 3.05) is 19.7 Å². The van der Waals surface area contributed by atoms with Gasteiger partial charge in [-0.2, -0.15) is 0 Å². The van der Waals surface area contributed by atoms with Crippen LogP contribution in [-0.4, -0.2) is 58.2 Å². The van der Waals surface area contributed by atoms with Crippen molar-refractivity contribution in [1.82, 2.24) is 9.80 Å². The number of benzene rings is 1. The maximum absolute atomic E-state index is 12.9. The van der Waals surface area contributed by atoms with Gasteiger partial charge in [-0.3, -0.25) is 14.6 Å². The van der Waals surface area contributed by atoms with Gasteiger partial charge >= 0.3 is 5.97 Å². The maximum atomic E-state index is 12.9. The molecule has 2 saturated heterocycles. The van der Waals surface area contributed by atoms with Crippen molar-refractivity contribution >= 4 is 11.9 Å². The third-order valence-electron chi connectivity index (χ3n) is 5.70. The Balaban J connectivity index is 1.72. The molecule has 1 aromatic carbocycles. The summed E-state index contributed by atoms with van der Waals surface area (Å²) in [5.74, 6) is -1.28. The van der Waals surface area contributed by atoms with Crippen molar-refractivity contribution in [1.29, 1.82) is 0 Å². The molecule has 0 aromatic heterocycles. The van der Waals surface area contributed by atoms with Crippen LogP contribution in [0.25, 0.3) is 0 Å². The van der Waals surface area contributed by atoms with Crippen LogP contribution in [0.15, 0.2) is 30.3 Å². The van der Waals surface area contributed by atoms with E-state index in [1.165, 1.54) is 5.56 Å². The molecule has 0 aliphatic carbocycles. The molecule has 0 bridgehead atoms. The van der Waals surface area contributed by atoms with E-state index < -0.39 is 17.7 Å². The topological polar surface area (TPSA) is 70.1 Å². The molecule has 26 heavy (non-hydrogen) atoms. The van der Waals surface area contributed by atoms with Crippen LogP contribution >= 0.6 is 0 Å². The molecule has 2 heterocycles. The molecule has 0 unspecified atom stereocenters. The number of hydrogen-bond acceptors (Lipinski definition) is 4. The molecule has 0 saturated carbocycles. The highest BCUT2D eigenvalue weighted by atomic mass is 16.5. The van der Waals surface area contributed by atoms with Gasteiger partial charge in [0, 0.05) is 38.4 Å².